The number of ether oxygens (including phenoxy) is 2. The molecule has 2 N–H and O–H groups in total. The molecule has 1 amide bonds. The van der Waals surface area contributed by atoms with Crippen LogP contribution in [0.5, 0.6) is 11.5 Å². The third-order valence-corrected chi connectivity index (χ3v) is 6.24. The fourth-order valence-corrected chi connectivity index (χ4v) is 4.11. The van der Waals surface area contributed by atoms with Crippen LogP contribution in [0.4, 0.5) is 11.4 Å². The summed E-state index contributed by atoms with van der Waals surface area (Å²) in [6, 6.07) is 18.3. The Balaban J connectivity index is 1.64. The first-order valence-corrected chi connectivity index (χ1v) is 11.5. The first kappa shape index (κ1) is 23.1. The summed E-state index contributed by atoms with van der Waals surface area (Å²) in [6.07, 6.45) is -0.727. The molecule has 3 aromatic carbocycles. The maximum Gasteiger partial charge on any atom is 0.265 e. The molecule has 7 nitrogen and oxygen atoms in total. The predicted molar refractivity (Wildman–Crippen MR) is 125 cm³/mol. The van der Waals surface area contributed by atoms with Crippen LogP contribution in [0.1, 0.15) is 18.1 Å². The molecule has 3 rings (SSSR count). The molecule has 0 aromatic heterocycles. The summed E-state index contributed by atoms with van der Waals surface area (Å²) in [7, 11) is -2.24. The SMILES string of the molecule is COc1ccc(NS(=O)(=O)c2ccc(NC(=O)C(C)Oc3c(C)cccc3C)cc2)cc1. The zero-order valence-corrected chi connectivity index (χ0v) is 19.2. The Morgan fingerprint density at radius 1 is 0.875 bits per heavy atom. The van der Waals surface area contributed by atoms with Crippen molar-refractivity contribution in [2.75, 3.05) is 17.1 Å². The maximum atomic E-state index is 12.6. The average molecular weight is 455 g/mol. The van der Waals surface area contributed by atoms with Gasteiger partial charge in [-0.15, -0.1) is 0 Å². The number of benzene rings is 3. The van der Waals surface area contributed by atoms with Crippen LogP contribution >= 0.6 is 0 Å². The topological polar surface area (TPSA) is 93.7 Å². The second-order valence-corrected chi connectivity index (χ2v) is 9.01. The standard InChI is InChI=1S/C24H26N2O5S/c1-16-6-5-7-17(2)23(16)31-18(3)24(27)25-19-10-14-22(15-11-19)32(28,29)26-20-8-12-21(30-4)13-9-20/h5-15,18,26H,1-4H3,(H,25,27). The molecule has 0 fully saturated rings. The largest absolute Gasteiger partial charge is 0.497 e. The van der Waals surface area contributed by atoms with E-state index in [9.17, 15) is 13.2 Å². The molecule has 168 valence electrons. The summed E-state index contributed by atoms with van der Waals surface area (Å²) in [5.41, 5.74) is 2.78. The first-order valence-electron chi connectivity index (χ1n) is 10.0. The minimum absolute atomic E-state index is 0.0751. The van der Waals surface area contributed by atoms with Crippen LogP contribution in [0, 0.1) is 13.8 Å². The van der Waals surface area contributed by atoms with E-state index in [1.165, 1.54) is 31.4 Å². The Kier molecular flexibility index (Phi) is 7.05. The molecule has 0 saturated carbocycles. The average Bonchev–Trinajstić information content (AvgIpc) is 2.77. The van der Waals surface area contributed by atoms with Gasteiger partial charge in [0.25, 0.3) is 15.9 Å². The van der Waals surface area contributed by atoms with Crippen molar-refractivity contribution in [2.45, 2.75) is 31.8 Å². The van der Waals surface area contributed by atoms with Gasteiger partial charge in [0.2, 0.25) is 0 Å². The van der Waals surface area contributed by atoms with Gasteiger partial charge < -0.3 is 14.8 Å². The molecule has 32 heavy (non-hydrogen) atoms. The van der Waals surface area contributed by atoms with Crippen molar-refractivity contribution in [3.8, 4) is 11.5 Å². The van der Waals surface area contributed by atoms with E-state index in [4.69, 9.17) is 9.47 Å². The van der Waals surface area contributed by atoms with Crippen LogP contribution < -0.4 is 19.5 Å². The predicted octanol–water partition coefficient (Wildman–Crippen LogP) is 4.52. The fourth-order valence-electron chi connectivity index (χ4n) is 3.05. The van der Waals surface area contributed by atoms with Crippen molar-refractivity contribution in [1.82, 2.24) is 0 Å². The van der Waals surface area contributed by atoms with E-state index in [-0.39, 0.29) is 10.8 Å². The highest BCUT2D eigenvalue weighted by Crippen LogP contribution is 2.24. The number of sulfonamides is 1. The molecular weight excluding hydrogens is 428 g/mol. The number of para-hydroxylation sites is 1. The van der Waals surface area contributed by atoms with Gasteiger partial charge in [0.05, 0.1) is 12.0 Å². The molecule has 3 aromatic rings. The highest BCUT2D eigenvalue weighted by molar-refractivity contribution is 7.92. The molecule has 0 bridgehead atoms. The van der Waals surface area contributed by atoms with Crippen LogP contribution in [0.2, 0.25) is 0 Å². The summed E-state index contributed by atoms with van der Waals surface area (Å²) in [5.74, 6) is 0.977. The van der Waals surface area contributed by atoms with Crippen molar-refractivity contribution in [3.63, 3.8) is 0 Å². The van der Waals surface area contributed by atoms with Crippen molar-refractivity contribution in [3.05, 3.63) is 77.9 Å². The number of nitrogens with one attached hydrogen (secondary N) is 2. The van der Waals surface area contributed by atoms with Crippen molar-refractivity contribution in [1.29, 1.82) is 0 Å². The summed E-state index contributed by atoms with van der Waals surface area (Å²) in [6.45, 7) is 5.51. The zero-order chi connectivity index (χ0) is 23.3. The normalized spacial score (nSPS) is 12.0. The smallest absolute Gasteiger partial charge is 0.265 e. The number of rotatable bonds is 8. The van der Waals surface area contributed by atoms with Gasteiger partial charge in [-0.1, -0.05) is 18.2 Å². The number of amides is 1. The Bertz CT molecular complexity index is 1170. The lowest BCUT2D eigenvalue weighted by Crippen LogP contribution is -2.30. The maximum absolute atomic E-state index is 12.6. The van der Waals surface area contributed by atoms with E-state index in [1.807, 2.05) is 32.0 Å². The molecule has 1 unspecified atom stereocenters. The fraction of sp³-hybridized carbons (Fsp3) is 0.208. The Labute approximate surface area is 188 Å². The van der Waals surface area contributed by atoms with Crippen LogP contribution in [-0.2, 0) is 14.8 Å². The van der Waals surface area contributed by atoms with Gasteiger partial charge in [-0.25, -0.2) is 8.42 Å². The van der Waals surface area contributed by atoms with E-state index in [1.54, 1.807) is 31.2 Å². The van der Waals surface area contributed by atoms with Crippen LogP contribution in [0.3, 0.4) is 0 Å². The van der Waals surface area contributed by atoms with Gasteiger partial charge in [-0.3, -0.25) is 9.52 Å². The minimum Gasteiger partial charge on any atom is -0.497 e. The van der Waals surface area contributed by atoms with Gasteiger partial charge in [0, 0.05) is 11.4 Å². The Morgan fingerprint density at radius 3 is 2.00 bits per heavy atom. The summed E-state index contributed by atoms with van der Waals surface area (Å²) in [5, 5.41) is 2.75. The number of hydrogen-bond donors (Lipinski definition) is 2. The summed E-state index contributed by atoms with van der Waals surface area (Å²) in [4.78, 5) is 12.6. The molecule has 0 radical (unpaired) electrons. The van der Waals surface area contributed by atoms with Gasteiger partial charge in [0.15, 0.2) is 6.10 Å². The van der Waals surface area contributed by atoms with Gasteiger partial charge in [-0.05, 0) is 80.4 Å². The molecular formula is C24H26N2O5S. The lowest BCUT2D eigenvalue weighted by molar-refractivity contribution is -0.122. The van der Waals surface area contributed by atoms with E-state index < -0.39 is 16.1 Å². The molecule has 0 aliphatic rings. The number of aryl methyl sites for hydroxylation is 2. The van der Waals surface area contributed by atoms with Crippen LogP contribution in [-0.4, -0.2) is 27.5 Å². The van der Waals surface area contributed by atoms with Crippen molar-refractivity contribution >= 4 is 27.3 Å². The number of carbonyl (C=O) groups is 1. The number of hydrogen-bond acceptors (Lipinski definition) is 5. The third-order valence-electron chi connectivity index (χ3n) is 4.85. The number of carbonyl (C=O) groups excluding carboxylic acids is 1. The molecule has 8 heteroatoms. The second-order valence-electron chi connectivity index (χ2n) is 7.33. The van der Waals surface area contributed by atoms with E-state index in [0.29, 0.717) is 22.9 Å². The quantitative estimate of drug-likeness (QED) is 0.522. The zero-order valence-electron chi connectivity index (χ0n) is 18.4. The number of methoxy groups -OCH3 is 1. The molecule has 0 aliphatic heterocycles. The van der Waals surface area contributed by atoms with E-state index in [2.05, 4.69) is 10.0 Å². The molecule has 0 saturated heterocycles. The summed E-state index contributed by atoms with van der Waals surface area (Å²) < 4.78 is 38.7. The second kappa shape index (κ2) is 9.74. The molecule has 0 heterocycles. The number of anilines is 2. The Hall–Kier alpha value is -3.52. The van der Waals surface area contributed by atoms with Gasteiger partial charge >= 0.3 is 0 Å². The summed E-state index contributed by atoms with van der Waals surface area (Å²) >= 11 is 0. The Morgan fingerprint density at radius 2 is 1.44 bits per heavy atom. The minimum atomic E-state index is -3.77. The van der Waals surface area contributed by atoms with Crippen LogP contribution in [0.25, 0.3) is 0 Å². The van der Waals surface area contributed by atoms with Crippen LogP contribution in [0.15, 0.2) is 71.6 Å². The van der Waals surface area contributed by atoms with Gasteiger partial charge in [-0.2, -0.15) is 0 Å². The van der Waals surface area contributed by atoms with Crippen molar-refractivity contribution < 1.29 is 22.7 Å². The molecule has 0 spiro atoms. The third kappa shape index (κ3) is 5.59. The van der Waals surface area contributed by atoms with Crippen molar-refractivity contribution in [2.24, 2.45) is 0 Å². The van der Waals surface area contributed by atoms with Gasteiger partial charge in [0.1, 0.15) is 11.5 Å². The van der Waals surface area contributed by atoms with E-state index in [0.717, 1.165) is 11.1 Å². The first-order chi connectivity index (χ1) is 15.2. The molecule has 0 aliphatic carbocycles. The lowest BCUT2D eigenvalue weighted by atomic mass is 10.1. The molecule has 1 atom stereocenters. The highest BCUT2D eigenvalue weighted by atomic mass is 32.2. The highest BCUT2D eigenvalue weighted by Gasteiger charge is 2.18. The van der Waals surface area contributed by atoms with E-state index >= 15 is 0 Å². The lowest BCUT2D eigenvalue weighted by Gasteiger charge is -2.18. The monoisotopic (exact) mass is 454 g/mol.